The maximum Gasteiger partial charge on any atom is 0.124 e. The van der Waals surface area contributed by atoms with Crippen LogP contribution >= 0.6 is 28.3 Å². The number of nitrogens with two attached hydrogens (primary N) is 1. The second-order valence-corrected chi connectivity index (χ2v) is 3.52. The molecule has 1 heterocycles. The molecule has 0 bridgehead atoms. The van der Waals surface area contributed by atoms with Crippen LogP contribution in [0, 0.1) is 0 Å². The topological polar surface area (TPSA) is 35.2 Å². The molecule has 0 fully saturated rings. The first-order chi connectivity index (χ1) is 5.27. The molecule has 1 aromatic rings. The second kappa shape index (κ2) is 3.64. The highest BCUT2D eigenvalue weighted by Crippen LogP contribution is 2.32. The molecule has 0 amide bonds. The van der Waals surface area contributed by atoms with E-state index in [4.69, 9.17) is 10.5 Å². The molecule has 0 aromatic heterocycles. The summed E-state index contributed by atoms with van der Waals surface area (Å²) in [5, 5.41) is 0. The van der Waals surface area contributed by atoms with Crippen molar-refractivity contribution < 1.29 is 4.74 Å². The monoisotopic (exact) mass is 249 g/mol. The maximum atomic E-state index is 5.77. The van der Waals surface area contributed by atoms with Crippen LogP contribution in [0.1, 0.15) is 11.6 Å². The van der Waals surface area contributed by atoms with Gasteiger partial charge in [-0.15, -0.1) is 12.4 Å². The van der Waals surface area contributed by atoms with Gasteiger partial charge in [0.25, 0.3) is 0 Å². The predicted octanol–water partition coefficient (Wildman–Crippen LogP) is 2.26. The minimum Gasteiger partial charge on any atom is -0.491 e. The molecule has 0 radical (unpaired) electrons. The summed E-state index contributed by atoms with van der Waals surface area (Å²) in [5.41, 5.74) is 6.87. The third kappa shape index (κ3) is 1.58. The number of hydrogen-bond acceptors (Lipinski definition) is 2. The Bertz CT molecular complexity index is 292. The molecule has 12 heavy (non-hydrogen) atoms. The average molecular weight is 251 g/mol. The van der Waals surface area contributed by atoms with E-state index in [1.165, 1.54) is 0 Å². The van der Waals surface area contributed by atoms with Crippen LogP contribution in [0.25, 0.3) is 0 Å². The highest BCUT2D eigenvalue weighted by molar-refractivity contribution is 9.10. The van der Waals surface area contributed by atoms with Gasteiger partial charge in [0, 0.05) is 10.0 Å². The summed E-state index contributed by atoms with van der Waals surface area (Å²) in [6, 6.07) is 5.94. The van der Waals surface area contributed by atoms with Crippen LogP contribution in [-0.2, 0) is 0 Å². The Hall–Kier alpha value is -0.250. The quantitative estimate of drug-likeness (QED) is 0.767. The fourth-order valence-corrected chi connectivity index (χ4v) is 1.59. The number of hydrogen-bond donors (Lipinski definition) is 1. The molecule has 2 N–H and O–H groups in total. The second-order valence-electron chi connectivity index (χ2n) is 2.60. The van der Waals surface area contributed by atoms with Gasteiger partial charge in [0.1, 0.15) is 12.4 Å². The van der Waals surface area contributed by atoms with Gasteiger partial charge in [-0.3, -0.25) is 0 Å². The van der Waals surface area contributed by atoms with E-state index in [0.717, 1.165) is 15.8 Å². The fraction of sp³-hybridized carbons (Fsp3) is 0.250. The van der Waals surface area contributed by atoms with Crippen molar-refractivity contribution in [2.45, 2.75) is 6.04 Å². The van der Waals surface area contributed by atoms with Crippen molar-refractivity contribution >= 4 is 28.3 Å². The van der Waals surface area contributed by atoms with E-state index in [2.05, 4.69) is 15.9 Å². The van der Waals surface area contributed by atoms with Crippen molar-refractivity contribution in [3.8, 4) is 5.75 Å². The minimum absolute atomic E-state index is 0. The molecule has 0 aliphatic carbocycles. The zero-order valence-corrected chi connectivity index (χ0v) is 8.69. The van der Waals surface area contributed by atoms with Gasteiger partial charge in [0.2, 0.25) is 0 Å². The number of ether oxygens (including phenoxy) is 1. The molecule has 0 saturated heterocycles. The predicted molar refractivity (Wildman–Crippen MR) is 53.8 cm³/mol. The molecule has 2 rings (SSSR count). The lowest BCUT2D eigenvalue weighted by atomic mass is 10.1. The van der Waals surface area contributed by atoms with E-state index in [9.17, 15) is 0 Å². The van der Waals surface area contributed by atoms with Gasteiger partial charge in [-0.2, -0.15) is 0 Å². The van der Waals surface area contributed by atoms with E-state index < -0.39 is 0 Å². The SMILES string of the molecule is Cl.N[C@@H]1COc2ccc(Br)cc21. The minimum atomic E-state index is 0. The van der Waals surface area contributed by atoms with Crippen molar-refractivity contribution in [2.24, 2.45) is 5.73 Å². The van der Waals surface area contributed by atoms with Gasteiger partial charge < -0.3 is 10.5 Å². The van der Waals surface area contributed by atoms with E-state index in [0.29, 0.717) is 6.61 Å². The summed E-state index contributed by atoms with van der Waals surface area (Å²) >= 11 is 3.38. The first-order valence-corrected chi connectivity index (χ1v) is 4.24. The Balaban J connectivity index is 0.000000720. The fourth-order valence-electron chi connectivity index (χ4n) is 1.21. The van der Waals surface area contributed by atoms with Gasteiger partial charge in [-0.05, 0) is 18.2 Å². The van der Waals surface area contributed by atoms with E-state index >= 15 is 0 Å². The maximum absolute atomic E-state index is 5.77. The van der Waals surface area contributed by atoms with Gasteiger partial charge in [-0.1, -0.05) is 15.9 Å². The summed E-state index contributed by atoms with van der Waals surface area (Å²) < 4.78 is 6.37. The standard InChI is InChI=1S/C8H8BrNO.ClH/c9-5-1-2-8-6(3-5)7(10)4-11-8;/h1-3,7H,4,10H2;1H/t7-;/m1./s1. The Morgan fingerprint density at radius 3 is 3.00 bits per heavy atom. The molecule has 0 spiro atoms. The number of rotatable bonds is 0. The summed E-state index contributed by atoms with van der Waals surface area (Å²) in [6.45, 7) is 0.603. The highest BCUT2D eigenvalue weighted by Gasteiger charge is 2.19. The lowest BCUT2D eigenvalue weighted by Crippen LogP contribution is -2.10. The lowest BCUT2D eigenvalue weighted by Gasteiger charge is -1.99. The van der Waals surface area contributed by atoms with Crippen molar-refractivity contribution in [3.05, 3.63) is 28.2 Å². The van der Waals surface area contributed by atoms with E-state index in [1.54, 1.807) is 0 Å². The number of halogens is 2. The van der Waals surface area contributed by atoms with E-state index in [-0.39, 0.29) is 18.4 Å². The smallest absolute Gasteiger partial charge is 0.124 e. The van der Waals surface area contributed by atoms with Crippen LogP contribution in [0.15, 0.2) is 22.7 Å². The van der Waals surface area contributed by atoms with Crippen LogP contribution in [-0.4, -0.2) is 6.61 Å². The van der Waals surface area contributed by atoms with Crippen LogP contribution in [0.5, 0.6) is 5.75 Å². The number of fused-ring (bicyclic) bond motifs is 1. The summed E-state index contributed by atoms with van der Waals surface area (Å²) in [7, 11) is 0. The van der Waals surface area contributed by atoms with Crippen molar-refractivity contribution in [2.75, 3.05) is 6.61 Å². The van der Waals surface area contributed by atoms with E-state index in [1.807, 2.05) is 18.2 Å². The van der Waals surface area contributed by atoms with Crippen LogP contribution in [0.4, 0.5) is 0 Å². The van der Waals surface area contributed by atoms with Gasteiger partial charge in [0.05, 0.1) is 6.04 Å². The Morgan fingerprint density at radius 2 is 2.25 bits per heavy atom. The van der Waals surface area contributed by atoms with Crippen LogP contribution in [0.2, 0.25) is 0 Å². The first kappa shape index (κ1) is 9.84. The zero-order valence-electron chi connectivity index (χ0n) is 6.29. The molecule has 2 nitrogen and oxygen atoms in total. The zero-order chi connectivity index (χ0) is 7.84. The van der Waals surface area contributed by atoms with Crippen molar-refractivity contribution in [1.82, 2.24) is 0 Å². The molecule has 66 valence electrons. The normalized spacial score (nSPS) is 19.3. The summed E-state index contributed by atoms with van der Waals surface area (Å²) in [4.78, 5) is 0. The Labute approximate surface area is 85.6 Å². The molecule has 0 unspecified atom stereocenters. The molecule has 4 heteroatoms. The molecule has 1 aromatic carbocycles. The summed E-state index contributed by atoms with van der Waals surface area (Å²) in [6.07, 6.45) is 0. The van der Waals surface area contributed by atoms with Gasteiger partial charge in [0.15, 0.2) is 0 Å². The van der Waals surface area contributed by atoms with Gasteiger partial charge in [-0.25, -0.2) is 0 Å². The largest absolute Gasteiger partial charge is 0.491 e. The Morgan fingerprint density at radius 1 is 1.50 bits per heavy atom. The Kier molecular flexibility index (Phi) is 2.99. The molecular formula is C8H9BrClNO. The van der Waals surface area contributed by atoms with Crippen molar-refractivity contribution in [1.29, 1.82) is 0 Å². The molecule has 0 saturated carbocycles. The summed E-state index contributed by atoms with van der Waals surface area (Å²) in [5.74, 6) is 0.917. The van der Waals surface area contributed by atoms with Crippen molar-refractivity contribution in [3.63, 3.8) is 0 Å². The van der Waals surface area contributed by atoms with Crippen LogP contribution < -0.4 is 10.5 Å². The average Bonchev–Trinajstić information content (AvgIpc) is 2.33. The van der Waals surface area contributed by atoms with Crippen LogP contribution in [0.3, 0.4) is 0 Å². The molecule has 1 atom stereocenters. The van der Waals surface area contributed by atoms with Gasteiger partial charge >= 0.3 is 0 Å². The third-order valence-electron chi connectivity index (χ3n) is 1.79. The number of benzene rings is 1. The first-order valence-electron chi connectivity index (χ1n) is 3.45. The molecule has 1 aliphatic rings. The highest BCUT2D eigenvalue weighted by atomic mass is 79.9. The molecular weight excluding hydrogens is 241 g/mol. The molecule has 1 aliphatic heterocycles. The third-order valence-corrected chi connectivity index (χ3v) is 2.28. The lowest BCUT2D eigenvalue weighted by molar-refractivity contribution is 0.333.